The van der Waals surface area contributed by atoms with Crippen LogP contribution in [0.25, 0.3) is 0 Å². The summed E-state index contributed by atoms with van der Waals surface area (Å²) >= 11 is 1.46. The summed E-state index contributed by atoms with van der Waals surface area (Å²) in [5.41, 5.74) is 1.18. The molecule has 110 valence electrons. The van der Waals surface area contributed by atoms with E-state index in [2.05, 4.69) is 51.7 Å². The van der Waals surface area contributed by atoms with Crippen molar-refractivity contribution in [3.63, 3.8) is 0 Å². The molecule has 1 aromatic rings. The van der Waals surface area contributed by atoms with Crippen LogP contribution in [0.5, 0.6) is 0 Å². The minimum atomic E-state index is -2.76. The van der Waals surface area contributed by atoms with Gasteiger partial charge in [-0.25, -0.2) is 9.35 Å². The Hall–Kier alpha value is -0.173. The average molecular weight is 319 g/mol. The molecule has 0 spiro atoms. The van der Waals surface area contributed by atoms with E-state index in [0.717, 1.165) is 0 Å². The van der Waals surface area contributed by atoms with Gasteiger partial charge in [-0.1, -0.05) is 34.6 Å². The molecule has 0 radical (unpaired) electrons. The van der Waals surface area contributed by atoms with Crippen molar-refractivity contribution < 1.29 is 4.21 Å². The Morgan fingerprint density at radius 2 is 1.89 bits per heavy atom. The van der Waals surface area contributed by atoms with Crippen LogP contribution in [0.3, 0.4) is 0 Å². The lowest BCUT2D eigenvalue weighted by Crippen LogP contribution is -2.37. The molecule has 19 heavy (non-hydrogen) atoms. The molecule has 0 aliphatic heterocycles. The van der Waals surface area contributed by atoms with Crippen molar-refractivity contribution >= 4 is 29.5 Å². The Kier molecular flexibility index (Phi) is 4.72. The van der Waals surface area contributed by atoms with E-state index >= 15 is 0 Å². The van der Waals surface area contributed by atoms with Crippen LogP contribution in [-0.2, 0) is 9.92 Å². The van der Waals surface area contributed by atoms with Gasteiger partial charge in [0.2, 0.25) is 0 Å². The average Bonchev–Trinajstić information content (AvgIpc) is 2.62. The number of nitrogens with zero attached hydrogens (tertiary/aromatic N) is 1. The van der Waals surface area contributed by atoms with Crippen LogP contribution in [0.2, 0.25) is 18.1 Å². The zero-order valence-electron chi connectivity index (χ0n) is 13.0. The number of thiophene rings is 1. The fourth-order valence-corrected chi connectivity index (χ4v) is 7.61. The Bertz CT molecular complexity index is 561. The maximum Gasteiger partial charge on any atom is 0.195 e. The molecular weight excluding hydrogens is 292 g/mol. The van der Waals surface area contributed by atoms with Crippen molar-refractivity contribution in [3.05, 3.63) is 17.0 Å². The smallest absolute Gasteiger partial charge is 0.195 e. The van der Waals surface area contributed by atoms with Gasteiger partial charge in [0.15, 0.2) is 8.24 Å². The summed E-state index contributed by atoms with van der Waals surface area (Å²) in [5.74, 6) is 0.424. The van der Waals surface area contributed by atoms with Crippen LogP contribution in [0.15, 0.2) is 19.7 Å². The number of rotatable bonds is 3. The summed E-state index contributed by atoms with van der Waals surface area (Å²) in [6.45, 7) is 14.9. The van der Waals surface area contributed by atoms with E-state index < -0.39 is 18.2 Å². The highest BCUT2D eigenvalue weighted by molar-refractivity contribution is 7.94. The molecule has 1 atom stereocenters. The van der Waals surface area contributed by atoms with Gasteiger partial charge in [-0.05, 0) is 41.1 Å². The number of hydrogen-bond acceptors (Lipinski definition) is 3. The highest BCUT2D eigenvalue weighted by Crippen LogP contribution is 2.38. The summed E-state index contributed by atoms with van der Waals surface area (Å²) in [6.07, 6.45) is 0. The molecule has 0 aromatic carbocycles. The van der Waals surface area contributed by atoms with Crippen molar-refractivity contribution in [2.75, 3.05) is 0 Å². The third kappa shape index (κ3) is 3.90. The molecule has 1 heterocycles. The van der Waals surface area contributed by atoms with E-state index in [1.54, 1.807) is 0 Å². The highest BCUT2D eigenvalue weighted by Gasteiger charge is 2.37. The third-order valence-electron chi connectivity index (χ3n) is 3.75. The second-order valence-electron chi connectivity index (χ2n) is 6.82. The van der Waals surface area contributed by atoms with Crippen molar-refractivity contribution in [2.24, 2.45) is 9.17 Å². The maximum atomic E-state index is 12.7. The Morgan fingerprint density at radius 1 is 1.37 bits per heavy atom. The zero-order valence-corrected chi connectivity index (χ0v) is 15.6. The summed E-state index contributed by atoms with van der Waals surface area (Å²) in [4.78, 5) is 0. The summed E-state index contributed by atoms with van der Waals surface area (Å²) in [6, 6.07) is 1.95. The van der Waals surface area contributed by atoms with E-state index in [4.69, 9.17) is 5.14 Å². The molecule has 3 nitrogen and oxygen atoms in total. The van der Waals surface area contributed by atoms with Gasteiger partial charge in [-0.3, -0.25) is 4.03 Å². The first-order chi connectivity index (χ1) is 8.37. The Labute approximate surface area is 123 Å². The molecule has 0 saturated heterocycles. The molecule has 1 rings (SSSR count). The van der Waals surface area contributed by atoms with Crippen molar-refractivity contribution in [3.8, 4) is 0 Å². The van der Waals surface area contributed by atoms with Crippen molar-refractivity contribution in [1.29, 1.82) is 0 Å². The van der Waals surface area contributed by atoms with E-state index in [0.29, 0.717) is 10.1 Å². The van der Waals surface area contributed by atoms with Crippen LogP contribution in [-0.4, -0.2) is 12.4 Å². The van der Waals surface area contributed by atoms with E-state index in [9.17, 15) is 4.21 Å². The lowest BCUT2D eigenvalue weighted by Gasteiger charge is -2.32. The third-order valence-corrected chi connectivity index (χ3v) is 12.8. The van der Waals surface area contributed by atoms with Gasteiger partial charge >= 0.3 is 0 Å². The van der Waals surface area contributed by atoms with Crippen molar-refractivity contribution in [2.45, 2.75) is 62.9 Å². The van der Waals surface area contributed by atoms with Gasteiger partial charge in [-0.2, -0.15) is 0 Å². The van der Waals surface area contributed by atoms with Gasteiger partial charge in [0.25, 0.3) is 0 Å². The number of nitrogens with two attached hydrogens (primary N) is 1. The molecule has 0 bridgehead atoms. The van der Waals surface area contributed by atoms with E-state index in [1.807, 2.05) is 11.4 Å². The van der Waals surface area contributed by atoms with Crippen LogP contribution >= 0.6 is 11.3 Å². The van der Waals surface area contributed by atoms with Gasteiger partial charge in [0.05, 0.1) is 0 Å². The van der Waals surface area contributed by atoms with Crippen molar-refractivity contribution in [1.82, 2.24) is 0 Å². The maximum absolute atomic E-state index is 12.7. The molecule has 0 aliphatic carbocycles. The zero-order chi connectivity index (χ0) is 15.1. The van der Waals surface area contributed by atoms with Gasteiger partial charge in [0.1, 0.15) is 14.1 Å². The first-order valence-corrected chi connectivity index (χ1v) is 11.9. The highest BCUT2D eigenvalue weighted by atomic mass is 32.2. The number of hydrogen-bond donors (Lipinski definition) is 1. The van der Waals surface area contributed by atoms with Crippen LogP contribution in [0.1, 0.15) is 46.1 Å². The SMILES string of the molecule is CC(C)c1csc(S(N)(=O)=N[Si](C)(C)C(C)(C)C)c1. The topological polar surface area (TPSA) is 55.5 Å². The summed E-state index contributed by atoms with van der Waals surface area (Å²) in [5, 5.41) is 8.12. The van der Waals surface area contributed by atoms with Crippen LogP contribution < -0.4 is 5.14 Å². The van der Waals surface area contributed by atoms with E-state index in [1.165, 1.54) is 16.9 Å². The monoisotopic (exact) mass is 318 g/mol. The molecule has 1 unspecified atom stereocenters. The molecule has 0 saturated carbocycles. The van der Waals surface area contributed by atoms with Crippen LogP contribution in [0.4, 0.5) is 0 Å². The first kappa shape index (κ1) is 16.9. The molecular formula is C13H26N2OS2Si. The molecule has 0 fully saturated rings. The fourth-order valence-electron chi connectivity index (χ4n) is 1.31. The van der Waals surface area contributed by atoms with Gasteiger partial charge < -0.3 is 0 Å². The predicted octanol–water partition coefficient (Wildman–Crippen LogP) is 4.58. The second-order valence-corrected chi connectivity index (χ2v) is 14.9. The molecule has 6 heteroatoms. The predicted molar refractivity (Wildman–Crippen MR) is 88.6 cm³/mol. The summed E-state index contributed by atoms with van der Waals surface area (Å²) in [7, 11) is -4.77. The first-order valence-electron chi connectivity index (χ1n) is 6.51. The minimum Gasteiger partial charge on any atom is -0.261 e. The lowest BCUT2D eigenvalue weighted by atomic mass is 10.1. The normalized spacial score (nSPS) is 16.5. The molecule has 2 N–H and O–H groups in total. The standard InChI is InChI=1S/C13H26N2OS2Si/c1-10(2)11-8-12(17-9-11)18(14,16)15-19(6,7)13(3,4)5/h8-10H,1-7H3,(H2,14,15,16). The van der Waals surface area contributed by atoms with Crippen LogP contribution in [0, 0.1) is 0 Å². The Balaban J connectivity index is 3.27. The van der Waals surface area contributed by atoms with E-state index in [-0.39, 0.29) is 5.04 Å². The molecule has 1 aromatic heterocycles. The lowest BCUT2D eigenvalue weighted by molar-refractivity contribution is 0.677. The second kappa shape index (κ2) is 5.31. The molecule has 0 amide bonds. The van der Waals surface area contributed by atoms with Gasteiger partial charge in [-0.15, -0.1) is 11.3 Å². The fraction of sp³-hybridized carbons (Fsp3) is 0.692. The minimum absolute atomic E-state index is 0.0488. The molecule has 0 aliphatic rings. The quantitative estimate of drug-likeness (QED) is 0.815. The largest absolute Gasteiger partial charge is 0.261 e. The van der Waals surface area contributed by atoms with Gasteiger partial charge in [0, 0.05) is 0 Å². The Morgan fingerprint density at radius 3 is 2.26 bits per heavy atom. The summed E-state index contributed by atoms with van der Waals surface area (Å²) < 4.78 is 18.1.